The van der Waals surface area contributed by atoms with Crippen LogP contribution in [0.15, 0.2) is 11.6 Å². The minimum Gasteiger partial charge on any atom is -0.378 e. The molecule has 3 saturated carbocycles. The van der Waals surface area contributed by atoms with Gasteiger partial charge in [0.1, 0.15) is 0 Å². The topological polar surface area (TPSA) is 9.23 Å². The number of ether oxygens (including phenoxy) is 1. The van der Waals surface area contributed by atoms with Gasteiger partial charge in [-0.3, -0.25) is 0 Å². The highest BCUT2D eigenvalue weighted by Crippen LogP contribution is 2.67. The minimum atomic E-state index is 0.458. The Morgan fingerprint density at radius 3 is 1.89 bits per heavy atom. The molecule has 0 radical (unpaired) electrons. The van der Waals surface area contributed by atoms with E-state index in [2.05, 4.69) is 47.6 Å². The van der Waals surface area contributed by atoms with E-state index in [9.17, 15) is 0 Å². The molecular formula is C45H82O. The van der Waals surface area contributed by atoms with Gasteiger partial charge >= 0.3 is 0 Å². The standard InChI is InChI=1S/C45H82O/c1-7-8-9-10-11-12-13-14-15-16-17-18-19-20-21-22-34-46-39-30-32-44(5)38(35-39)26-27-40-42-29-28-41(37(4)25-23-24-36(2)3)45(42,6)33-31-43(40)44/h26,36-37,39-43H,7-25,27-35H2,1-6H3/t37?,39-,40?,41?,42?,43?,44?,45?/m0/s1. The maximum absolute atomic E-state index is 6.56. The highest BCUT2D eigenvalue weighted by molar-refractivity contribution is 5.25. The summed E-state index contributed by atoms with van der Waals surface area (Å²) in [6, 6.07) is 0. The van der Waals surface area contributed by atoms with E-state index in [4.69, 9.17) is 4.74 Å². The third-order valence-corrected chi connectivity index (χ3v) is 14.6. The number of hydrogen-bond acceptors (Lipinski definition) is 1. The zero-order chi connectivity index (χ0) is 32.8. The van der Waals surface area contributed by atoms with E-state index in [-0.39, 0.29) is 0 Å². The summed E-state index contributed by atoms with van der Waals surface area (Å²) >= 11 is 0. The van der Waals surface area contributed by atoms with Crippen molar-refractivity contribution in [3.8, 4) is 0 Å². The van der Waals surface area contributed by atoms with Crippen LogP contribution >= 0.6 is 0 Å². The molecule has 268 valence electrons. The van der Waals surface area contributed by atoms with Crippen LogP contribution in [-0.4, -0.2) is 12.7 Å². The molecule has 0 heterocycles. The minimum absolute atomic E-state index is 0.458. The van der Waals surface area contributed by atoms with Gasteiger partial charge in [-0.1, -0.05) is 169 Å². The molecule has 1 heteroatoms. The summed E-state index contributed by atoms with van der Waals surface area (Å²) in [7, 11) is 0. The maximum Gasteiger partial charge on any atom is 0.0612 e. The summed E-state index contributed by atoms with van der Waals surface area (Å²) in [5.74, 6) is 5.60. The second kappa shape index (κ2) is 19.8. The van der Waals surface area contributed by atoms with E-state index in [1.54, 1.807) is 5.57 Å². The van der Waals surface area contributed by atoms with Crippen molar-refractivity contribution < 1.29 is 4.74 Å². The smallest absolute Gasteiger partial charge is 0.0612 e. The van der Waals surface area contributed by atoms with Gasteiger partial charge in [0.2, 0.25) is 0 Å². The normalized spacial score (nSPS) is 33.0. The monoisotopic (exact) mass is 639 g/mol. The van der Waals surface area contributed by atoms with Crippen LogP contribution in [0, 0.1) is 46.3 Å². The first-order chi connectivity index (χ1) is 22.3. The lowest BCUT2D eigenvalue weighted by Crippen LogP contribution is -2.51. The first kappa shape index (κ1) is 38.5. The Kier molecular flexibility index (Phi) is 16.6. The summed E-state index contributed by atoms with van der Waals surface area (Å²) in [4.78, 5) is 0. The summed E-state index contributed by atoms with van der Waals surface area (Å²) < 4.78 is 6.56. The SMILES string of the molecule is CCCCCCCCCCCCCCCCCCO[C@H]1CCC2(C)C(=CCC3C2CCC2(C)C(C(C)CCCC(C)C)CCC32)C1. The number of fused-ring (bicyclic) bond motifs is 5. The van der Waals surface area contributed by atoms with Gasteiger partial charge in [0, 0.05) is 6.61 Å². The predicted octanol–water partition coefficient (Wildman–Crippen LogP) is 14.7. The fraction of sp³-hybridized carbons (Fsp3) is 0.956. The van der Waals surface area contributed by atoms with Crippen molar-refractivity contribution in [2.75, 3.05) is 6.61 Å². The van der Waals surface area contributed by atoms with E-state index < -0.39 is 0 Å². The van der Waals surface area contributed by atoms with Crippen molar-refractivity contribution >= 4 is 0 Å². The Labute approximate surface area is 289 Å². The van der Waals surface area contributed by atoms with Gasteiger partial charge in [0.25, 0.3) is 0 Å². The molecule has 46 heavy (non-hydrogen) atoms. The molecule has 7 unspecified atom stereocenters. The third kappa shape index (κ3) is 10.6. The Hall–Kier alpha value is -0.300. The van der Waals surface area contributed by atoms with Crippen LogP contribution in [0.1, 0.15) is 215 Å². The van der Waals surface area contributed by atoms with Crippen molar-refractivity contribution in [1.82, 2.24) is 0 Å². The quantitative estimate of drug-likeness (QED) is 0.0799. The fourth-order valence-electron chi connectivity index (χ4n) is 11.7. The number of rotatable bonds is 23. The zero-order valence-corrected chi connectivity index (χ0v) is 32.3. The average molecular weight is 639 g/mol. The molecule has 0 aromatic heterocycles. The van der Waals surface area contributed by atoms with Crippen LogP contribution in [0.25, 0.3) is 0 Å². The van der Waals surface area contributed by atoms with Gasteiger partial charge in [-0.15, -0.1) is 0 Å². The third-order valence-electron chi connectivity index (χ3n) is 14.6. The van der Waals surface area contributed by atoms with Gasteiger partial charge in [-0.05, 0) is 104 Å². The number of hydrogen-bond donors (Lipinski definition) is 0. The van der Waals surface area contributed by atoms with Crippen LogP contribution in [0.4, 0.5) is 0 Å². The van der Waals surface area contributed by atoms with Crippen molar-refractivity contribution in [3.05, 3.63) is 11.6 Å². The summed E-state index contributed by atoms with van der Waals surface area (Å²) in [5, 5.41) is 0. The summed E-state index contributed by atoms with van der Waals surface area (Å²) in [6.07, 6.45) is 41.8. The van der Waals surface area contributed by atoms with Gasteiger partial charge in [-0.2, -0.15) is 0 Å². The number of unbranched alkanes of at least 4 members (excludes halogenated alkanes) is 15. The molecule has 0 saturated heterocycles. The summed E-state index contributed by atoms with van der Waals surface area (Å²) in [5.41, 5.74) is 2.87. The molecule has 0 amide bonds. The van der Waals surface area contributed by atoms with Crippen molar-refractivity contribution in [1.29, 1.82) is 0 Å². The highest BCUT2D eigenvalue weighted by Gasteiger charge is 2.59. The molecule has 0 bridgehead atoms. The molecular weight excluding hydrogens is 556 g/mol. The van der Waals surface area contributed by atoms with Crippen LogP contribution in [0.3, 0.4) is 0 Å². The lowest BCUT2D eigenvalue weighted by molar-refractivity contribution is -0.0641. The largest absolute Gasteiger partial charge is 0.378 e. The van der Waals surface area contributed by atoms with E-state index in [1.165, 1.54) is 173 Å². The predicted molar refractivity (Wildman–Crippen MR) is 202 cm³/mol. The fourth-order valence-corrected chi connectivity index (χ4v) is 11.7. The first-order valence-electron chi connectivity index (χ1n) is 21.6. The maximum atomic E-state index is 6.56. The second-order valence-corrected chi connectivity index (χ2v) is 18.3. The molecule has 4 rings (SSSR count). The second-order valence-electron chi connectivity index (χ2n) is 18.3. The van der Waals surface area contributed by atoms with E-state index >= 15 is 0 Å². The van der Waals surface area contributed by atoms with Gasteiger partial charge in [0.05, 0.1) is 6.10 Å². The lowest BCUT2D eigenvalue weighted by atomic mass is 9.47. The van der Waals surface area contributed by atoms with Crippen LogP contribution in [0.5, 0.6) is 0 Å². The van der Waals surface area contributed by atoms with Crippen LogP contribution in [-0.2, 0) is 4.74 Å². The molecule has 0 aliphatic heterocycles. The van der Waals surface area contributed by atoms with Crippen molar-refractivity contribution in [2.45, 2.75) is 221 Å². The highest BCUT2D eigenvalue weighted by atomic mass is 16.5. The van der Waals surface area contributed by atoms with Crippen molar-refractivity contribution in [2.24, 2.45) is 46.3 Å². The Morgan fingerprint density at radius 1 is 0.674 bits per heavy atom. The molecule has 3 fully saturated rings. The average Bonchev–Trinajstić information content (AvgIpc) is 3.39. The van der Waals surface area contributed by atoms with E-state index in [0.717, 1.165) is 42.1 Å². The molecule has 0 spiro atoms. The molecule has 4 aliphatic carbocycles. The van der Waals surface area contributed by atoms with Gasteiger partial charge in [0.15, 0.2) is 0 Å². The molecule has 0 aromatic carbocycles. The lowest BCUT2D eigenvalue weighted by Gasteiger charge is -2.58. The molecule has 4 aliphatic rings. The van der Waals surface area contributed by atoms with E-state index in [1.807, 2.05) is 0 Å². The van der Waals surface area contributed by atoms with Crippen LogP contribution < -0.4 is 0 Å². The molecule has 0 N–H and O–H groups in total. The van der Waals surface area contributed by atoms with E-state index in [0.29, 0.717) is 16.9 Å². The molecule has 0 aromatic rings. The Morgan fingerprint density at radius 2 is 1.28 bits per heavy atom. The van der Waals surface area contributed by atoms with Gasteiger partial charge < -0.3 is 4.74 Å². The molecule has 1 nitrogen and oxygen atoms in total. The van der Waals surface area contributed by atoms with Crippen molar-refractivity contribution in [3.63, 3.8) is 0 Å². The number of allylic oxidation sites excluding steroid dienone is 1. The Balaban J connectivity index is 1.07. The zero-order valence-electron chi connectivity index (χ0n) is 32.3. The van der Waals surface area contributed by atoms with Gasteiger partial charge in [-0.25, -0.2) is 0 Å². The Bertz CT molecular complexity index is 857. The summed E-state index contributed by atoms with van der Waals surface area (Å²) in [6.45, 7) is 16.1. The first-order valence-corrected chi connectivity index (χ1v) is 21.6. The van der Waals surface area contributed by atoms with Crippen LogP contribution in [0.2, 0.25) is 0 Å². The molecule has 8 atom stereocenters.